The van der Waals surface area contributed by atoms with Crippen LogP contribution in [-0.4, -0.2) is 18.8 Å². The highest BCUT2D eigenvalue weighted by atomic mass is 16.5. The van der Waals surface area contributed by atoms with Gasteiger partial charge in [-0.3, -0.25) is 0 Å². The highest BCUT2D eigenvalue weighted by molar-refractivity contribution is 4.57. The number of rotatable bonds is 3. The van der Waals surface area contributed by atoms with Gasteiger partial charge in [0.1, 0.15) is 0 Å². The Kier molecular flexibility index (Phi) is 3.82. The molecule has 0 saturated heterocycles. The Hall–Kier alpha value is -0.0800. The topological polar surface area (TPSA) is 25.8 Å². The van der Waals surface area contributed by atoms with Gasteiger partial charge in [-0.05, 0) is 20.8 Å². The Morgan fingerprint density at radius 3 is 2.33 bits per heavy atom. The van der Waals surface area contributed by atoms with E-state index < -0.39 is 0 Å². The Balaban J connectivity index is 3.07. The van der Waals surface area contributed by atoms with E-state index in [9.17, 15) is 0 Å². The largest absolute Gasteiger partial charge is 0.477 e. The molecule has 0 saturated carbocycles. The number of hydrogen-bond acceptors (Lipinski definition) is 1. The lowest BCUT2D eigenvalue weighted by atomic mass is 10.2. The summed E-state index contributed by atoms with van der Waals surface area (Å²) in [7, 11) is 3.60. The van der Waals surface area contributed by atoms with E-state index >= 15 is 0 Å². The molecule has 0 unspecified atom stereocenters. The minimum atomic E-state index is 0.00299. The van der Waals surface area contributed by atoms with Crippen LogP contribution < -0.4 is 5.32 Å². The molecule has 0 aliphatic heterocycles. The summed E-state index contributed by atoms with van der Waals surface area (Å²) < 4.78 is 5.40. The van der Waals surface area contributed by atoms with E-state index in [2.05, 4.69) is 27.8 Å². The first-order valence-electron chi connectivity index (χ1n) is 3.31. The number of nitrogens with two attached hydrogens (primary N) is 1. The third-order valence-electron chi connectivity index (χ3n) is 0.857. The monoisotopic (exact) mass is 131 g/mol. The Morgan fingerprint density at radius 1 is 1.44 bits per heavy atom. The van der Waals surface area contributed by atoms with Crippen LogP contribution in [0.25, 0.3) is 0 Å². The van der Waals surface area contributed by atoms with Gasteiger partial charge in [0, 0.05) is 0 Å². The van der Waals surface area contributed by atoms with E-state index in [0.717, 1.165) is 13.2 Å². The van der Waals surface area contributed by atoms with Crippen LogP contribution in [-0.2, 0) is 4.74 Å². The van der Waals surface area contributed by atoms with E-state index in [1.54, 1.807) is 0 Å². The number of quaternary nitrogens is 1. The van der Waals surface area contributed by atoms with Crippen molar-refractivity contribution in [1.29, 1.82) is 0 Å². The zero-order valence-electron chi connectivity index (χ0n) is 6.61. The minimum absolute atomic E-state index is 0.00299. The van der Waals surface area contributed by atoms with Gasteiger partial charge >= 0.3 is 0 Å². The molecule has 0 heterocycles. The molecule has 0 spiro atoms. The summed E-state index contributed by atoms with van der Waals surface area (Å²) in [4.78, 5) is 0. The van der Waals surface area contributed by atoms with Crippen molar-refractivity contribution in [1.82, 2.24) is 0 Å². The zero-order valence-corrected chi connectivity index (χ0v) is 6.61. The van der Waals surface area contributed by atoms with Crippen LogP contribution in [0.5, 0.6) is 0 Å². The maximum Gasteiger partial charge on any atom is 0.0941 e. The van der Waals surface area contributed by atoms with Crippen LogP contribution >= 0.6 is 0 Å². The first kappa shape index (κ1) is 8.92. The quantitative estimate of drug-likeness (QED) is 0.428. The number of ether oxygens (including phenoxy) is 1. The van der Waals surface area contributed by atoms with Crippen LogP contribution in [0.15, 0.2) is 0 Å². The smallest absolute Gasteiger partial charge is 0.0941 e. The molecule has 0 fully saturated rings. The Labute approximate surface area is 57.6 Å². The minimum Gasteiger partial charge on any atom is -0.477 e. The molecule has 2 nitrogen and oxygen atoms in total. The molecule has 0 bridgehead atoms. The maximum absolute atomic E-state index is 5.40. The SMILES string of the molecule is [CH2-][NH2+]CCOC(C)(C)C. The van der Waals surface area contributed by atoms with Gasteiger partial charge in [0.2, 0.25) is 0 Å². The molecular weight excluding hydrogens is 114 g/mol. The lowest BCUT2D eigenvalue weighted by molar-refractivity contribution is -0.598. The van der Waals surface area contributed by atoms with Crippen molar-refractivity contribution in [2.45, 2.75) is 26.4 Å². The van der Waals surface area contributed by atoms with E-state index in [-0.39, 0.29) is 5.60 Å². The average Bonchev–Trinajstić information content (AvgIpc) is 1.63. The second-order valence-electron chi connectivity index (χ2n) is 3.04. The van der Waals surface area contributed by atoms with Gasteiger partial charge in [-0.15, -0.1) is 0 Å². The highest BCUT2D eigenvalue weighted by Crippen LogP contribution is 2.04. The molecule has 0 aromatic carbocycles. The molecule has 0 aromatic heterocycles. The fraction of sp³-hybridized carbons (Fsp3) is 0.857. The van der Waals surface area contributed by atoms with Crippen LogP contribution in [0.1, 0.15) is 20.8 Å². The normalized spacial score (nSPS) is 12.0. The van der Waals surface area contributed by atoms with Gasteiger partial charge in [-0.25, -0.2) is 0 Å². The third-order valence-corrected chi connectivity index (χ3v) is 0.857. The van der Waals surface area contributed by atoms with Crippen LogP contribution in [0, 0.1) is 7.05 Å². The summed E-state index contributed by atoms with van der Waals surface area (Å²) in [5.74, 6) is 0. The maximum atomic E-state index is 5.40. The van der Waals surface area contributed by atoms with Crippen molar-refractivity contribution in [3.63, 3.8) is 0 Å². The van der Waals surface area contributed by atoms with Crippen LogP contribution in [0.4, 0.5) is 0 Å². The van der Waals surface area contributed by atoms with Crippen LogP contribution in [0.3, 0.4) is 0 Å². The summed E-state index contributed by atoms with van der Waals surface area (Å²) in [5, 5.41) is 1.87. The van der Waals surface area contributed by atoms with E-state index in [1.165, 1.54) is 0 Å². The lowest BCUT2D eigenvalue weighted by Crippen LogP contribution is -2.78. The molecular formula is C7H17NO. The molecule has 56 valence electrons. The molecule has 2 N–H and O–H groups in total. The van der Waals surface area contributed by atoms with E-state index in [0.29, 0.717) is 0 Å². The first-order chi connectivity index (χ1) is 4.06. The molecule has 0 radical (unpaired) electrons. The Bertz CT molecular complexity index is 65.8. The van der Waals surface area contributed by atoms with Crippen molar-refractivity contribution in [2.75, 3.05) is 13.2 Å². The lowest BCUT2D eigenvalue weighted by Gasteiger charge is -2.18. The van der Waals surface area contributed by atoms with Gasteiger partial charge in [-0.2, -0.15) is 7.05 Å². The summed E-state index contributed by atoms with van der Waals surface area (Å²) in [6, 6.07) is 0. The predicted octanol–water partition coefficient (Wildman–Crippen LogP) is 0.156. The van der Waals surface area contributed by atoms with E-state index in [1.807, 2.05) is 5.32 Å². The van der Waals surface area contributed by atoms with Gasteiger partial charge < -0.3 is 10.1 Å². The number of hydrogen-bond donors (Lipinski definition) is 1. The van der Waals surface area contributed by atoms with Crippen molar-refractivity contribution in [3.05, 3.63) is 7.05 Å². The zero-order chi connectivity index (χ0) is 7.33. The fourth-order valence-corrected chi connectivity index (χ4v) is 0.448. The summed E-state index contributed by atoms with van der Waals surface area (Å²) in [6.07, 6.45) is 0. The molecule has 0 amide bonds. The van der Waals surface area contributed by atoms with Crippen molar-refractivity contribution >= 4 is 0 Å². The second kappa shape index (κ2) is 3.85. The second-order valence-corrected chi connectivity index (χ2v) is 3.04. The molecule has 9 heavy (non-hydrogen) atoms. The van der Waals surface area contributed by atoms with Crippen molar-refractivity contribution in [2.24, 2.45) is 0 Å². The highest BCUT2D eigenvalue weighted by Gasteiger charge is 2.08. The standard InChI is InChI=1S/C7H17NO/c1-7(2,3)9-6-5-8-4/h4-6,8H2,1-3H3. The molecule has 0 atom stereocenters. The summed E-state index contributed by atoms with van der Waals surface area (Å²) in [6.45, 7) is 7.88. The van der Waals surface area contributed by atoms with Gasteiger partial charge in [0.05, 0.1) is 18.8 Å². The van der Waals surface area contributed by atoms with Gasteiger partial charge in [0.25, 0.3) is 0 Å². The van der Waals surface area contributed by atoms with Crippen LogP contribution in [0.2, 0.25) is 0 Å². The summed E-state index contributed by atoms with van der Waals surface area (Å²) >= 11 is 0. The average molecular weight is 131 g/mol. The fourth-order valence-electron chi connectivity index (χ4n) is 0.448. The molecule has 0 aromatic rings. The van der Waals surface area contributed by atoms with Gasteiger partial charge in [0.15, 0.2) is 0 Å². The molecule has 0 aliphatic rings. The van der Waals surface area contributed by atoms with Gasteiger partial charge in [-0.1, -0.05) is 0 Å². The third kappa shape index (κ3) is 7.92. The Morgan fingerprint density at radius 2 is 2.00 bits per heavy atom. The summed E-state index contributed by atoms with van der Waals surface area (Å²) in [5.41, 5.74) is 0.00299. The van der Waals surface area contributed by atoms with Crippen molar-refractivity contribution in [3.8, 4) is 0 Å². The first-order valence-corrected chi connectivity index (χ1v) is 3.31. The predicted molar refractivity (Wildman–Crippen MR) is 37.9 cm³/mol. The molecule has 0 rings (SSSR count). The molecule has 2 heteroatoms. The van der Waals surface area contributed by atoms with Crippen molar-refractivity contribution < 1.29 is 10.1 Å². The molecule has 0 aliphatic carbocycles. The van der Waals surface area contributed by atoms with E-state index in [4.69, 9.17) is 4.74 Å².